The van der Waals surface area contributed by atoms with Crippen molar-refractivity contribution in [1.82, 2.24) is 5.32 Å². The molecule has 1 heteroatoms. The van der Waals surface area contributed by atoms with Gasteiger partial charge in [0.05, 0.1) is 0 Å². The molecule has 0 spiro atoms. The Kier molecular flexibility index (Phi) is 6.97. The minimum absolute atomic E-state index is 0.662. The molecule has 13 heavy (non-hydrogen) atoms. The Hall–Kier alpha value is -0.300. The summed E-state index contributed by atoms with van der Waals surface area (Å²) >= 11 is 0. The lowest BCUT2D eigenvalue weighted by Gasteiger charge is -2.10. The molecule has 0 fully saturated rings. The van der Waals surface area contributed by atoms with Gasteiger partial charge in [0.2, 0.25) is 0 Å². The fourth-order valence-corrected chi connectivity index (χ4v) is 1.33. The first-order valence-electron chi connectivity index (χ1n) is 5.44. The summed E-state index contributed by atoms with van der Waals surface area (Å²) in [6.07, 6.45) is 5.06. The van der Waals surface area contributed by atoms with Gasteiger partial charge in [-0.2, -0.15) is 0 Å². The van der Waals surface area contributed by atoms with Crippen molar-refractivity contribution in [1.29, 1.82) is 0 Å². The Morgan fingerprint density at radius 1 is 1.23 bits per heavy atom. The van der Waals surface area contributed by atoms with E-state index in [2.05, 4.69) is 33.0 Å². The molecule has 0 radical (unpaired) electrons. The monoisotopic (exact) mass is 183 g/mol. The van der Waals surface area contributed by atoms with Gasteiger partial charge in [0.15, 0.2) is 0 Å². The highest BCUT2D eigenvalue weighted by Crippen LogP contribution is 2.14. The summed E-state index contributed by atoms with van der Waals surface area (Å²) in [7, 11) is 2.03. The minimum atomic E-state index is 0.662. The molecule has 0 amide bonds. The van der Waals surface area contributed by atoms with Crippen molar-refractivity contribution in [2.45, 2.75) is 59.4 Å². The van der Waals surface area contributed by atoms with E-state index < -0.39 is 0 Å². The van der Waals surface area contributed by atoms with Gasteiger partial charge in [0, 0.05) is 6.04 Å². The Balaban J connectivity index is 3.65. The van der Waals surface area contributed by atoms with E-state index in [0.717, 1.165) is 0 Å². The fourth-order valence-electron chi connectivity index (χ4n) is 1.33. The molecular weight excluding hydrogens is 158 g/mol. The van der Waals surface area contributed by atoms with Crippen LogP contribution < -0.4 is 5.32 Å². The molecule has 0 saturated carbocycles. The molecule has 0 aliphatic rings. The van der Waals surface area contributed by atoms with Crippen LogP contribution in [0.15, 0.2) is 11.1 Å². The molecule has 0 unspecified atom stereocenters. The maximum atomic E-state index is 3.27. The summed E-state index contributed by atoms with van der Waals surface area (Å²) in [5, 5.41) is 3.27. The zero-order chi connectivity index (χ0) is 10.3. The Morgan fingerprint density at radius 2 is 1.85 bits per heavy atom. The summed E-state index contributed by atoms with van der Waals surface area (Å²) in [4.78, 5) is 0. The average molecular weight is 183 g/mol. The van der Waals surface area contributed by atoms with Crippen LogP contribution in [0, 0.1) is 0 Å². The maximum absolute atomic E-state index is 3.27. The second-order valence-electron chi connectivity index (χ2n) is 4.00. The number of allylic oxidation sites excluding steroid dienone is 2. The quantitative estimate of drug-likeness (QED) is 0.621. The van der Waals surface area contributed by atoms with Crippen LogP contribution in [0.2, 0.25) is 0 Å². The van der Waals surface area contributed by atoms with Crippen LogP contribution in [0.25, 0.3) is 0 Å². The van der Waals surface area contributed by atoms with Crippen molar-refractivity contribution in [2.24, 2.45) is 0 Å². The van der Waals surface area contributed by atoms with Crippen molar-refractivity contribution in [3.8, 4) is 0 Å². The van der Waals surface area contributed by atoms with Crippen LogP contribution in [0.3, 0.4) is 0 Å². The second-order valence-corrected chi connectivity index (χ2v) is 4.00. The molecule has 0 saturated heterocycles. The van der Waals surface area contributed by atoms with Gasteiger partial charge < -0.3 is 5.32 Å². The smallest absolute Gasteiger partial charge is 0.00358 e. The van der Waals surface area contributed by atoms with E-state index in [0.29, 0.717) is 6.04 Å². The van der Waals surface area contributed by atoms with E-state index in [-0.39, 0.29) is 0 Å². The van der Waals surface area contributed by atoms with Crippen LogP contribution in [-0.4, -0.2) is 13.1 Å². The number of hydrogen-bond donors (Lipinski definition) is 1. The predicted molar refractivity (Wildman–Crippen MR) is 61.0 cm³/mol. The molecule has 0 heterocycles. The van der Waals surface area contributed by atoms with Gasteiger partial charge in [-0.15, -0.1) is 0 Å². The van der Waals surface area contributed by atoms with Gasteiger partial charge in [-0.05, 0) is 53.5 Å². The average Bonchev–Trinajstić information content (AvgIpc) is 2.15. The molecule has 0 aliphatic heterocycles. The molecule has 0 aromatic heterocycles. The van der Waals surface area contributed by atoms with Gasteiger partial charge in [0.1, 0.15) is 0 Å². The van der Waals surface area contributed by atoms with Crippen LogP contribution in [-0.2, 0) is 0 Å². The van der Waals surface area contributed by atoms with E-state index in [1.54, 1.807) is 11.1 Å². The van der Waals surface area contributed by atoms with Crippen LogP contribution >= 0.6 is 0 Å². The van der Waals surface area contributed by atoms with Crippen LogP contribution in [0.4, 0.5) is 0 Å². The van der Waals surface area contributed by atoms with Gasteiger partial charge in [0.25, 0.3) is 0 Å². The highest BCUT2D eigenvalue weighted by atomic mass is 14.8. The van der Waals surface area contributed by atoms with Crippen molar-refractivity contribution < 1.29 is 0 Å². The third-order valence-corrected chi connectivity index (χ3v) is 2.94. The number of nitrogens with one attached hydrogen (secondary N) is 1. The van der Waals surface area contributed by atoms with E-state index in [4.69, 9.17) is 0 Å². The Bertz CT molecular complexity index is 159. The third-order valence-electron chi connectivity index (χ3n) is 2.94. The molecule has 0 aromatic rings. The molecule has 1 N–H and O–H groups in total. The lowest BCUT2D eigenvalue weighted by Crippen LogP contribution is -2.20. The first-order valence-corrected chi connectivity index (χ1v) is 5.44. The normalized spacial score (nSPS) is 15.5. The van der Waals surface area contributed by atoms with E-state index >= 15 is 0 Å². The molecule has 78 valence electrons. The van der Waals surface area contributed by atoms with Crippen LogP contribution in [0.1, 0.15) is 53.4 Å². The summed E-state index contributed by atoms with van der Waals surface area (Å²) in [6, 6.07) is 0.662. The SMILES string of the molecule is CC/C(C)=C(/C)CCC[C@@H](C)NC. The molecule has 0 aliphatic carbocycles. The summed E-state index contributed by atoms with van der Waals surface area (Å²) in [5.74, 6) is 0. The number of hydrogen-bond acceptors (Lipinski definition) is 1. The Morgan fingerprint density at radius 3 is 2.31 bits per heavy atom. The Labute approximate surface area is 83.6 Å². The van der Waals surface area contributed by atoms with Gasteiger partial charge in [-0.1, -0.05) is 18.1 Å². The minimum Gasteiger partial charge on any atom is -0.317 e. The highest BCUT2D eigenvalue weighted by Gasteiger charge is 1.99. The molecule has 1 nitrogen and oxygen atoms in total. The zero-order valence-electron chi connectivity index (χ0n) is 9.91. The maximum Gasteiger partial charge on any atom is 0.00358 e. The first-order chi connectivity index (χ1) is 6.11. The lowest BCUT2D eigenvalue weighted by molar-refractivity contribution is 0.540. The van der Waals surface area contributed by atoms with E-state index in [1.807, 2.05) is 7.05 Å². The topological polar surface area (TPSA) is 12.0 Å². The van der Waals surface area contributed by atoms with Crippen molar-refractivity contribution in [3.05, 3.63) is 11.1 Å². The molecular formula is C12H25N. The molecule has 1 atom stereocenters. The molecule has 0 aromatic carbocycles. The summed E-state index contributed by atoms with van der Waals surface area (Å²) in [5.41, 5.74) is 3.16. The van der Waals surface area contributed by atoms with Crippen LogP contribution in [0.5, 0.6) is 0 Å². The lowest BCUT2D eigenvalue weighted by atomic mass is 10.0. The molecule has 0 rings (SSSR count). The van der Waals surface area contributed by atoms with E-state index in [1.165, 1.54) is 25.7 Å². The molecule has 0 bridgehead atoms. The van der Waals surface area contributed by atoms with Crippen molar-refractivity contribution >= 4 is 0 Å². The highest BCUT2D eigenvalue weighted by molar-refractivity contribution is 5.08. The largest absolute Gasteiger partial charge is 0.317 e. The van der Waals surface area contributed by atoms with Crippen molar-refractivity contribution in [2.75, 3.05) is 7.05 Å². The van der Waals surface area contributed by atoms with Gasteiger partial charge in [-0.25, -0.2) is 0 Å². The second kappa shape index (κ2) is 7.14. The van der Waals surface area contributed by atoms with Gasteiger partial charge in [-0.3, -0.25) is 0 Å². The van der Waals surface area contributed by atoms with Crippen molar-refractivity contribution in [3.63, 3.8) is 0 Å². The van der Waals surface area contributed by atoms with E-state index in [9.17, 15) is 0 Å². The zero-order valence-corrected chi connectivity index (χ0v) is 9.91. The predicted octanol–water partition coefficient (Wildman–Crippen LogP) is 3.51. The third kappa shape index (κ3) is 5.87. The summed E-state index contributed by atoms with van der Waals surface area (Å²) < 4.78 is 0. The fraction of sp³-hybridized carbons (Fsp3) is 0.833. The first kappa shape index (κ1) is 12.7. The summed E-state index contributed by atoms with van der Waals surface area (Å²) in [6.45, 7) is 8.99. The number of rotatable bonds is 6. The standard InChI is InChI=1S/C12H25N/c1-6-10(2)11(3)8-7-9-12(4)13-5/h12-13H,6-9H2,1-5H3/b11-10-/t12-/m1/s1. The van der Waals surface area contributed by atoms with Gasteiger partial charge >= 0.3 is 0 Å².